The van der Waals surface area contributed by atoms with Gasteiger partial charge in [0.05, 0.1) is 0 Å². The molecule has 0 spiro atoms. The van der Waals surface area contributed by atoms with Gasteiger partial charge in [-0.15, -0.1) is 0 Å². The fourth-order valence-electron chi connectivity index (χ4n) is 3.80. The quantitative estimate of drug-likeness (QED) is 0.766. The molecular weight excluding hydrogens is 260 g/mol. The zero-order valence-electron chi connectivity index (χ0n) is 15.1. The number of rotatable bonds is 7. The third-order valence-electron chi connectivity index (χ3n) is 4.43. The van der Waals surface area contributed by atoms with Crippen LogP contribution in [0.1, 0.15) is 86.5 Å². The maximum Gasteiger partial charge on any atom is 0.222 e. The lowest BCUT2D eigenvalue weighted by Gasteiger charge is -2.49. The van der Waals surface area contributed by atoms with Crippen molar-refractivity contribution in [2.45, 2.75) is 104 Å². The van der Waals surface area contributed by atoms with Crippen molar-refractivity contribution in [2.75, 3.05) is 6.54 Å². The molecule has 1 heterocycles. The van der Waals surface area contributed by atoms with Gasteiger partial charge in [-0.05, 0) is 53.4 Å². The summed E-state index contributed by atoms with van der Waals surface area (Å²) in [6.45, 7) is 14.3. The molecule has 0 aliphatic carbocycles. The van der Waals surface area contributed by atoms with Crippen LogP contribution in [0.3, 0.4) is 0 Å². The molecule has 1 aliphatic heterocycles. The van der Waals surface area contributed by atoms with E-state index in [1.54, 1.807) is 0 Å². The van der Waals surface area contributed by atoms with Gasteiger partial charge in [0, 0.05) is 30.1 Å². The van der Waals surface area contributed by atoms with Gasteiger partial charge in [-0.3, -0.25) is 4.79 Å². The molecule has 0 aromatic heterocycles. The topological polar surface area (TPSA) is 32.3 Å². The van der Waals surface area contributed by atoms with E-state index in [4.69, 9.17) is 0 Å². The number of nitrogens with zero attached hydrogens (tertiary/aromatic N) is 1. The summed E-state index contributed by atoms with van der Waals surface area (Å²) in [5.41, 5.74) is 0.198. The molecular formula is C18H36N2O. The molecule has 1 aliphatic rings. The normalized spacial score (nSPS) is 21.2. The third-order valence-corrected chi connectivity index (χ3v) is 4.43. The number of carbonyl (C=O) groups is 1. The van der Waals surface area contributed by atoms with Gasteiger partial charge in [0.2, 0.25) is 5.91 Å². The van der Waals surface area contributed by atoms with E-state index >= 15 is 0 Å². The molecule has 0 unspecified atom stereocenters. The summed E-state index contributed by atoms with van der Waals surface area (Å²) in [4.78, 5) is 14.8. The molecule has 0 radical (unpaired) electrons. The molecule has 0 aromatic rings. The second-order valence-electron chi connectivity index (χ2n) is 8.00. The summed E-state index contributed by atoms with van der Waals surface area (Å²) in [5.74, 6) is 0.365. The Balaban J connectivity index is 2.83. The van der Waals surface area contributed by atoms with Gasteiger partial charge in [0.25, 0.3) is 0 Å². The molecule has 0 aromatic carbocycles. The van der Waals surface area contributed by atoms with E-state index in [0.717, 1.165) is 45.1 Å². The van der Waals surface area contributed by atoms with E-state index in [1.807, 2.05) is 0 Å². The molecule has 1 fully saturated rings. The van der Waals surface area contributed by atoms with E-state index in [9.17, 15) is 4.79 Å². The predicted molar refractivity (Wildman–Crippen MR) is 90.5 cm³/mol. The van der Waals surface area contributed by atoms with Crippen LogP contribution in [0.5, 0.6) is 0 Å². The maximum absolute atomic E-state index is 12.6. The van der Waals surface area contributed by atoms with E-state index in [2.05, 4.69) is 51.8 Å². The van der Waals surface area contributed by atoms with E-state index < -0.39 is 0 Å². The van der Waals surface area contributed by atoms with Gasteiger partial charge >= 0.3 is 0 Å². The summed E-state index contributed by atoms with van der Waals surface area (Å²) in [5, 5.41) is 3.72. The number of hydrogen-bond donors (Lipinski definition) is 1. The van der Waals surface area contributed by atoms with E-state index in [-0.39, 0.29) is 11.1 Å². The molecule has 124 valence electrons. The number of nitrogens with one attached hydrogen (secondary N) is 1. The van der Waals surface area contributed by atoms with Crippen LogP contribution in [0.4, 0.5) is 0 Å². The minimum Gasteiger partial charge on any atom is -0.340 e. The highest BCUT2D eigenvalue weighted by Gasteiger charge is 2.40. The van der Waals surface area contributed by atoms with Crippen LogP contribution in [0, 0.1) is 0 Å². The summed E-state index contributed by atoms with van der Waals surface area (Å²) < 4.78 is 0. The Morgan fingerprint density at radius 2 is 1.57 bits per heavy atom. The first-order valence-electron chi connectivity index (χ1n) is 8.79. The van der Waals surface area contributed by atoms with Crippen molar-refractivity contribution in [2.24, 2.45) is 0 Å². The number of piperidine rings is 1. The van der Waals surface area contributed by atoms with Gasteiger partial charge in [-0.2, -0.15) is 0 Å². The largest absolute Gasteiger partial charge is 0.340 e. The predicted octanol–water partition coefficient (Wildman–Crippen LogP) is 4.11. The fourth-order valence-corrected chi connectivity index (χ4v) is 3.80. The molecule has 1 rings (SSSR count). The second-order valence-corrected chi connectivity index (χ2v) is 8.00. The molecule has 0 atom stereocenters. The van der Waals surface area contributed by atoms with Crippen LogP contribution in [0.15, 0.2) is 0 Å². The fraction of sp³-hybridized carbons (Fsp3) is 0.944. The Morgan fingerprint density at radius 1 is 1.05 bits per heavy atom. The number of amides is 1. The Morgan fingerprint density at radius 3 is 2.05 bits per heavy atom. The second kappa shape index (κ2) is 7.62. The molecule has 3 heteroatoms. The lowest BCUT2D eigenvalue weighted by molar-refractivity contribution is -0.135. The van der Waals surface area contributed by atoms with Crippen LogP contribution in [-0.4, -0.2) is 34.5 Å². The average Bonchev–Trinajstić information content (AvgIpc) is 2.33. The zero-order valence-corrected chi connectivity index (χ0v) is 15.1. The highest BCUT2D eigenvalue weighted by molar-refractivity contribution is 5.76. The first-order valence-corrected chi connectivity index (χ1v) is 8.79. The SMILES string of the molecule is CCCCC(=O)N(CCCC)C1CC(C)(C)NC(C)(C)C1. The first-order chi connectivity index (χ1) is 9.71. The Kier molecular flexibility index (Phi) is 6.71. The lowest BCUT2D eigenvalue weighted by Crippen LogP contribution is -2.62. The Hall–Kier alpha value is -0.570. The molecule has 0 saturated carbocycles. The third kappa shape index (κ3) is 5.98. The number of hydrogen-bond acceptors (Lipinski definition) is 2. The average molecular weight is 296 g/mol. The van der Waals surface area contributed by atoms with Crippen molar-refractivity contribution >= 4 is 5.91 Å². The molecule has 21 heavy (non-hydrogen) atoms. The van der Waals surface area contributed by atoms with Crippen LogP contribution in [0.25, 0.3) is 0 Å². The lowest BCUT2D eigenvalue weighted by atomic mass is 9.79. The number of carbonyl (C=O) groups excluding carboxylic acids is 1. The molecule has 0 bridgehead atoms. The standard InChI is InChI=1S/C18H36N2O/c1-7-9-11-16(21)20(12-10-8-2)15-13-17(3,4)19-18(5,6)14-15/h15,19H,7-14H2,1-6H3. The maximum atomic E-state index is 12.6. The Bertz CT molecular complexity index is 320. The minimum atomic E-state index is 0.0991. The van der Waals surface area contributed by atoms with E-state index in [0.29, 0.717) is 18.4 Å². The van der Waals surface area contributed by atoms with Crippen LogP contribution < -0.4 is 5.32 Å². The van der Waals surface area contributed by atoms with Crippen molar-refractivity contribution in [1.82, 2.24) is 10.2 Å². The summed E-state index contributed by atoms with van der Waals surface area (Å²) in [7, 11) is 0. The van der Waals surface area contributed by atoms with Crippen LogP contribution >= 0.6 is 0 Å². The van der Waals surface area contributed by atoms with Gasteiger partial charge < -0.3 is 10.2 Å². The summed E-state index contributed by atoms with van der Waals surface area (Å²) in [6.07, 6.45) is 7.19. The Labute approximate surface area is 131 Å². The highest BCUT2D eigenvalue weighted by atomic mass is 16.2. The van der Waals surface area contributed by atoms with Crippen LogP contribution in [0.2, 0.25) is 0 Å². The van der Waals surface area contributed by atoms with Crippen molar-refractivity contribution in [3.8, 4) is 0 Å². The van der Waals surface area contributed by atoms with Crippen molar-refractivity contribution < 1.29 is 4.79 Å². The van der Waals surface area contributed by atoms with Gasteiger partial charge in [-0.1, -0.05) is 26.7 Å². The molecule has 1 saturated heterocycles. The smallest absolute Gasteiger partial charge is 0.222 e. The van der Waals surface area contributed by atoms with E-state index in [1.165, 1.54) is 0 Å². The molecule has 3 nitrogen and oxygen atoms in total. The van der Waals surface area contributed by atoms with Gasteiger partial charge in [0.1, 0.15) is 0 Å². The van der Waals surface area contributed by atoms with Crippen molar-refractivity contribution in [1.29, 1.82) is 0 Å². The van der Waals surface area contributed by atoms with Gasteiger partial charge in [-0.25, -0.2) is 0 Å². The van der Waals surface area contributed by atoms with Crippen LogP contribution in [-0.2, 0) is 4.79 Å². The zero-order chi connectivity index (χ0) is 16.1. The minimum absolute atomic E-state index is 0.0991. The summed E-state index contributed by atoms with van der Waals surface area (Å²) in [6, 6.07) is 0.382. The van der Waals surface area contributed by atoms with Crippen molar-refractivity contribution in [3.63, 3.8) is 0 Å². The molecule has 1 N–H and O–H groups in total. The number of unbranched alkanes of at least 4 members (excludes halogenated alkanes) is 2. The first kappa shape index (κ1) is 18.5. The van der Waals surface area contributed by atoms with Gasteiger partial charge in [0.15, 0.2) is 0 Å². The summed E-state index contributed by atoms with van der Waals surface area (Å²) >= 11 is 0. The highest BCUT2D eigenvalue weighted by Crippen LogP contribution is 2.32. The monoisotopic (exact) mass is 296 g/mol. The molecule has 1 amide bonds. The van der Waals surface area contributed by atoms with Crippen molar-refractivity contribution in [3.05, 3.63) is 0 Å².